The van der Waals surface area contributed by atoms with Gasteiger partial charge < -0.3 is 5.32 Å². The van der Waals surface area contributed by atoms with Crippen LogP contribution < -0.4 is 5.32 Å². The van der Waals surface area contributed by atoms with Crippen LogP contribution >= 0.6 is 27.3 Å². The third-order valence-corrected chi connectivity index (χ3v) is 5.52. The maximum absolute atomic E-state index is 4.96. The van der Waals surface area contributed by atoms with Gasteiger partial charge in [-0.15, -0.1) is 11.3 Å². The number of hydrogen-bond acceptors (Lipinski definition) is 3. The number of thiazole rings is 1. The quantitative estimate of drug-likeness (QED) is 0.707. The Morgan fingerprint density at radius 3 is 2.86 bits per heavy atom. The molecule has 1 aromatic carbocycles. The van der Waals surface area contributed by atoms with Crippen molar-refractivity contribution in [2.75, 3.05) is 6.54 Å². The van der Waals surface area contributed by atoms with Gasteiger partial charge in [-0.3, -0.25) is 0 Å². The van der Waals surface area contributed by atoms with Crippen molar-refractivity contribution in [1.29, 1.82) is 0 Å². The summed E-state index contributed by atoms with van der Waals surface area (Å²) >= 11 is 5.53. The lowest BCUT2D eigenvalue weighted by Crippen LogP contribution is -2.13. The van der Waals surface area contributed by atoms with Crippen LogP contribution in [0.3, 0.4) is 0 Å². The SMILES string of the molecule is CCCNCc1sc(-c2ccc(C)cc2Br)nc1C1CC1. The molecular formula is C17H21BrN2S. The van der Waals surface area contributed by atoms with Gasteiger partial charge in [-0.2, -0.15) is 0 Å². The molecule has 1 aliphatic rings. The molecule has 21 heavy (non-hydrogen) atoms. The fourth-order valence-corrected chi connectivity index (χ4v) is 4.42. The van der Waals surface area contributed by atoms with Crippen LogP contribution in [-0.4, -0.2) is 11.5 Å². The lowest BCUT2D eigenvalue weighted by atomic mass is 10.1. The van der Waals surface area contributed by atoms with E-state index in [2.05, 4.69) is 53.3 Å². The first kappa shape index (κ1) is 15.2. The lowest BCUT2D eigenvalue weighted by molar-refractivity contribution is 0.676. The zero-order valence-corrected chi connectivity index (χ0v) is 15.0. The number of nitrogens with one attached hydrogen (secondary N) is 1. The van der Waals surface area contributed by atoms with Crippen LogP contribution in [-0.2, 0) is 6.54 Å². The Balaban J connectivity index is 1.90. The van der Waals surface area contributed by atoms with Gasteiger partial charge in [-0.1, -0.05) is 35.0 Å². The van der Waals surface area contributed by atoms with Gasteiger partial charge >= 0.3 is 0 Å². The summed E-state index contributed by atoms with van der Waals surface area (Å²) in [5.41, 5.74) is 3.83. The Labute approximate surface area is 139 Å². The Bertz CT molecular complexity index is 632. The smallest absolute Gasteiger partial charge is 0.125 e. The van der Waals surface area contributed by atoms with Crippen molar-refractivity contribution < 1.29 is 0 Å². The van der Waals surface area contributed by atoms with Crippen molar-refractivity contribution >= 4 is 27.3 Å². The van der Waals surface area contributed by atoms with Crippen molar-refractivity contribution in [2.24, 2.45) is 0 Å². The molecule has 1 heterocycles. The molecule has 0 bridgehead atoms. The van der Waals surface area contributed by atoms with Crippen molar-refractivity contribution in [1.82, 2.24) is 10.3 Å². The van der Waals surface area contributed by atoms with Crippen LogP contribution in [0.5, 0.6) is 0 Å². The average Bonchev–Trinajstić information content (AvgIpc) is 3.21. The number of nitrogens with zero attached hydrogens (tertiary/aromatic N) is 1. The normalized spacial score (nSPS) is 14.6. The number of aromatic nitrogens is 1. The zero-order chi connectivity index (χ0) is 14.8. The molecule has 2 nitrogen and oxygen atoms in total. The first-order valence-electron chi connectivity index (χ1n) is 7.66. The van der Waals surface area contributed by atoms with Gasteiger partial charge in [0.1, 0.15) is 5.01 Å². The van der Waals surface area contributed by atoms with Crippen LogP contribution in [0.1, 0.15) is 48.2 Å². The lowest BCUT2D eigenvalue weighted by Gasteiger charge is -2.02. The Hall–Kier alpha value is -0.710. The molecule has 0 unspecified atom stereocenters. The highest BCUT2D eigenvalue weighted by atomic mass is 79.9. The molecule has 0 radical (unpaired) electrons. The predicted molar refractivity (Wildman–Crippen MR) is 94.0 cm³/mol. The van der Waals surface area contributed by atoms with E-state index in [1.165, 1.54) is 41.0 Å². The summed E-state index contributed by atoms with van der Waals surface area (Å²) in [5.74, 6) is 0.706. The standard InChI is InChI=1S/C17H21BrN2S/c1-3-8-19-10-15-16(12-5-6-12)20-17(21-15)13-7-4-11(2)9-14(13)18/h4,7,9,12,19H,3,5-6,8,10H2,1-2H3. The summed E-state index contributed by atoms with van der Waals surface area (Å²) in [6.07, 6.45) is 3.78. The molecule has 1 aliphatic carbocycles. The fourth-order valence-electron chi connectivity index (χ4n) is 2.45. The third-order valence-electron chi connectivity index (χ3n) is 3.76. The molecule has 4 heteroatoms. The highest BCUT2D eigenvalue weighted by Crippen LogP contribution is 2.45. The van der Waals surface area contributed by atoms with Crippen molar-refractivity contribution in [2.45, 2.75) is 45.6 Å². The average molecular weight is 365 g/mol. The van der Waals surface area contributed by atoms with Gasteiger partial charge in [-0.05, 0) is 44.4 Å². The third kappa shape index (κ3) is 3.55. The molecular weight excluding hydrogens is 344 g/mol. The molecule has 0 saturated heterocycles. The molecule has 0 aliphatic heterocycles. The molecule has 0 amide bonds. The first-order valence-corrected chi connectivity index (χ1v) is 9.26. The van der Waals surface area contributed by atoms with E-state index in [1.807, 2.05) is 11.3 Å². The number of hydrogen-bond donors (Lipinski definition) is 1. The Morgan fingerprint density at radius 1 is 1.38 bits per heavy atom. The molecule has 1 aromatic heterocycles. The molecule has 2 aromatic rings. The molecule has 0 spiro atoms. The predicted octanol–water partition coefficient (Wildman–Crippen LogP) is 5.26. The topological polar surface area (TPSA) is 24.9 Å². The Kier molecular flexibility index (Phi) is 4.77. The molecule has 1 fully saturated rings. The van der Waals surface area contributed by atoms with E-state index < -0.39 is 0 Å². The van der Waals surface area contributed by atoms with Crippen LogP contribution in [0.25, 0.3) is 10.6 Å². The number of benzene rings is 1. The molecule has 3 rings (SSSR count). The van der Waals surface area contributed by atoms with E-state index in [0.717, 1.165) is 22.6 Å². The van der Waals surface area contributed by atoms with Gasteiger partial charge in [0.15, 0.2) is 0 Å². The van der Waals surface area contributed by atoms with Gasteiger partial charge in [0.2, 0.25) is 0 Å². The number of rotatable bonds is 6. The van der Waals surface area contributed by atoms with E-state index in [-0.39, 0.29) is 0 Å². The van der Waals surface area contributed by atoms with E-state index >= 15 is 0 Å². The van der Waals surface area contributed by atoms with E-state index in [0.29, 0.717) is 5.92 Å². The summed E-state index contributed by atoms with van der Waals surface area (Å²) in [6, 6.07) is 6.51. The van der Waals surface area contributed by atoms with Gasteiger partial charge in [0.25, 0.3) is 0 Å². The fraction of sp³-hybridized carbons (Fsp3) is 0.471. The van der Waals surface area contributed by atoms with E-state index in [4.69, 9.17) is 4.98 Å². The maximum atomic E-state index is 4.96. The number of aryl methyl sites for hydroxylation is 1. The molecule has 1 saturated carbocycles. The van der Waals surface area contributed by atoms with Crippen molar-refractivity contribution in [3.8, 4) is 10.6 Å². The first-order chi connectivity index (χ1) is 10.2. The van der Waals surface area contributed by atoms with Crippen LogP contribution in [0, 0.1) is 6.92 Å². The van der Waals surface area contributed by atoms with Crippen molar-refractivity contribution in [3.05, 3.63) is 38.8 Å². The minimum Gasteiger partial charge on any atom is -0.312 e. The van der Waals surface area contributed by atoms with Gasteiger partial charge in [0, 0.05) is 27.4 Å². The minimum atomic E-state index is 0.706. The summed E-state index contributed by atoms with van der Waals surface area (Å²) in [4.78, 5) is 6.38. The highest BCUT2D eigenvalue weighted by Gasteiger charge is 2.29. The number of halogens is 1. The second-order valence-electron chi connectivity index (χ2n) is 5.76. The van der Waals surface area contributed by atoms with E-state index in [1.54, 1.807) is 0 Å². The van der Waals surface area contributed by atoms with E-state index in [9.17, 15) is 0 Å². The highest BCUT2D eigenvalue weighted by molar-refractivity contribution is 9.10. The largest absolute Gasteiger partial charge is 0.312 e. The van der Waals surface area contributed by atoms with Crippen LogP contribution in [0.4, 0.5) is 0 Å². The monoisotopic (exact) mass is 364 g/mol. The molecule has 112 valence electrons. The van der Waals surface area contributed by atoms with Crippen LogP contribution in [0.15, 0.2) is 22.7 Å². The molecule has 0 atom stereocenters. The maximum Gasteiger partial charge on any atom is 0.125 e. The summed E-state index contributed by atoms with van der Waals surface area (Å²) in [5, 5.41) is 4.67. The summed E-state index contributed by atoms with van der Waals surface area (Å²) in [6.45, 7) is 6.36. The minimum absolute atomic E-state index is 0.706. The Morgan fingerprint density at radius 2 is 2.19 bits per heavy atom. The molecule has 1 N–H and O–H groups in total. The van der Waals surface area contributed by atoms with Gasteiger partial charge in [0.05, 0.1) is 5.69 Å². The summed E-state index contributed by atoms with van der Waals surface area (Å²) in [7, 11) is 0. The second kappa shape index (κ2) is 6.59. The second-order valence-corrected chi connectivity index (χ2v) is 7.70. The van der Waals surface area contributed by atoms with Gasteiger partial charge in [-0.25, -0.2) is 4.98 Å². The van der Waals surface area contributed by atoms with Crippen LogP contribution in [0.2, 0.25) is 0 Å². The zero-order valence-electron chi connectivity index (χ0n) is 12.6. The summed E-state index contributed by atoms with van der Waals surface area (Å²) < 4.78 is 1.15. The van der Waals surface area contributed by atoms with Crippen molar-refractivity contribution in [3.63, 3.8) is 0 Å².